The number of ether oxygens (including phenoxy) is 2. The Labute approximate surface area is 134 Å². The van der Waals surface area contributed by atoms with Crippen LogP contribution in [0.3, 0.4) is 0 Å². The van der Waals surface area contributed by atoms with E-state index in [-0.39, 0.29) is 0 Å². The fourth-order valence-corrected chi connectivity index (χ4v) is 2.72. The van der Waals surface area contributed by atoms with Crippen molar-refractivity contribution in [1.29, 1.82) is 0 Å². The van der Waals surface area contributed by atoms with Gasteiger partial charge >= 0.3 is 0 Å². The van der Waals surface area contributed by atoms with Crippen LogP contribution in [0, 0.1) is 0 Å². The summed E-state index contributed by atoms with van der Waals surface area (Å²) in [5.41, 5.74) is 6.89. The number of methoxy groups -OCH3 is 1. The third-order valence-corrected chi connectivity index (χ3v) is 4.00. The molecule has 1 aromatic carbocycles. The molecule has 124 valence electrons. The molecule has 0 spiro atoms. The predicted molar refractivity (Wildman–Crippen MR) is 89.2 cm³/mol. The highest BCUT2D eigenvalue weighted by atomic mass is 16.5. The molecule has 5 nitrogen and oxygen atoms in total. The van der Waals surface area contributed by atoms with Crippen molar-refractivity contribution < 1.29 is 9.47 Å². The zero-order chi connectivity index (χ0) is 15.6. The van der Waals surface area contributed by atoms with Gasteiger partial charge in [0.25, 0.3) is 0 Å². The predicted octanol–water partition coefficient (Wildman–Crippen LogP) is 1.18. The molecule has 1 aliphatic heterocycles. The Morgan fingerprint density at radius 2 is 1.86 bits per heavy atom. The number of nitrogens with zero attached hydrogens (tertiary/aromatic N) is 2. The standard InChI is InChI=1S/C17H29N3O2/c1-21-12-13-22-17-5-2-4-16(14-17)15-20-10-8-19(9-11-20)7-3-6-18/h2,4-5,14H,3,6-13,15,18H2,1H3. The molecule has 0 aliphatic carbocycles. The highest BCUT2D eigenvalue weighted by Crippen LogP contribution is 2.16. The summed E-state index contributed by atoms with van der Waals surface area (Å²) in [6.07, 6.45) is 1.10. The molecule has 2 N–H and O–H groups in total. The molecule has 1 heterocycles. The first-order valence-electron chi connectivity index (χ1n) is 8.17. The van der Waals surface area contributed by atoms with Crippen LogP contribution >= 0.6 is 0 Å². The molecule has 1 fully saturated rings. The van der Waals surface area contributed by atoms with Gasteiger partial charge in [0.1, 0.15) is 12.4 Å². The lowest BCUT2D eigenvalue weighted by Crippen LogP contribution is -2.46. The molecule has 2 rings (SSSR count). The summed E-state index contributed by atoms with van der Waals surface area (Å²) in [4.78, 5) is 5.01. The molecule has 1 aliphatic rings. The average molecular weight is 307 g/mol. The summed E-state index contributed by atoms with van der Waals surface area (Å²) < 4.78 is 10.7. The first-order valence-corrected chi connectivity index (χ1v) is 8.17. The van der Waals surface area contributed by atoms with E-state index in [1.54, 1.807) is 7.11 Å². The van der Waals surface area contributed by atoms with Gasteiger partial charge in [-0.2, -0.15) is 0 Å². The van der Waals surface area contributed by atoms with Crippen LogP contribution in [0.2, 0.25) is 0 Å². The van der Waals surface area contributed by atoms with Gasteiger partial charge in [0, 0.05) is 39.8 Å². The topological polar surface area (TPSA) is 51.0 Å². The molecule has 0 bridgehead atoms. The Balaban J connectivity index is 1.75. The minimum Gasteiger partial charge on any atom is -0.491 e. The van der Waals surface area contributed by atoms with Crippen molar-refractivity contribution in [1.82, 2.24) is 9.80 Å². The first kappa shape index (κ1) is 17.2. The van der Waals surface area contributed by atoms with Crippen LogP contribution < -0.4 is 10.5 Å². The number of hydrogen-bond acceptors (Lipinski definition) is 5. The molecule has 1 aromatic rings. The second kappa shape index (κ2) is 9.79. The van der Waals surface area contributed by atoms with E-state index >= 15 is 0 Å². The Morgan fingerprint density at radius 3 is 2.59 bits per heavy atom. The maximum Gasteiger partial charge on any atom is 0.119 e. The van der Waals surface area contributed by atoms with E-state index in [2.05, 4.69) is 28.0 Å². The first-order chi connectivity index (χ1) is 10.8. The van der Waals surface area contributed by atoms with Gasteiger partial charge in [-0.05, 0) is 37.2 Å². The van der Waals surface area contributed by atoms with Gasteiger partial charge in [-0.1, -0.05) is 12.1 Å². The van der Waals surface area contributed by atoms with E-state index in [1.165, 1.54) is 5.56 Å². The van der Waals surface area contributed by atoms with Gasteiger partial charge in [0.05, 0.1) is 6.61 Å². The van der Waals surface area contributed by atoms with Crippen molar-refractivity contribution in [2.45, 2.75) is 13.0 Å². The maximum absolute atomic E-state index is 5.67. The van der Waals surface area contributed by atoms with Crippen LogP contribution in [-0.4, -0.2) is 69.4 Å². The second-order valence-electron chi connectivity index (χ2n) is 5.75. The third kappa shape index (κ3) is 5.93. The molecule has 22 heavy (non-hydrogen) atoms. The van der Waals surface area contributed by atoms with Crippen LogP contribution in [0.1, 0.15) is 12.0 Å². The number of piperazine rings is 1. The molecule has 0 saturated carbocycles. The van der Waals surface area contributed by atoms with Crippen molar-refractivity contribution in [2.24, 2.45) is 5.73 Å². The summed E-state index contributed by atoms with van der Waals surface area (Å²) in [7, 11) is 1.69. The Bertz CT molecular complexity index is 420. The zero-order valence-electron chi connectivity index (χ0n) is 13.7. The van der Waals surface area contributed by atoms with Gasteiger partial charge in [0.2, 0.25) is 0 Å². The lowest BCUT2D eigenvalue weighted by Gasteiger charge is -2.34. The van der Waals surface area contributed by atoms with Crippen molar-refractivity contribution in [2.75, 3.05) is 59.6 Å². The lowest BCUT2D eigenvalue weighted by atomic mass is 10.2. The van der Waals surface area contributed by atoms with Crippen LogP contribution in [0.15, 0.2) is 24.3 Å². The van der Waals surface area contributed by atoms with Gasteiger partial charge in [-0.15, -0.1) is 0 Å². The molecule has 0 amide bonds. The normalized spacial score (nSPS) is 16.8. The summed E-state index contributed by atoms with van der Waals surface area (Å²) in [5.74, 6) is 0.927. The monoisotopic (exact) mass is 307 g/mol. The number of hydrogen-bond donors (Lipinski definition) is 1. The van der Waals surface area contributed by atoms with E-state index in [0.29, 0.717) is 13.2 Å². The van der Waals surface area contributed by atoms with E-state index in [1.807, 2.05) is 6.07 Å². The highest BCUT2D eigenvalue weighted by molar-refractivity contribution is 5.28. The molecular weight excluding hydrogens is 278 g/mol. The average Bonchev–Trinajstić information content (AvgIpc) is 2.55. The highest BCUT2D eigenvalue weighted by Gasteiger charge is 2.16. The SMILES string of the molecule is COCCOc1cccc(CN2CCN(CCCN)CC2)c1. The summed E-state index contributed by atoms with van der Waals surface area (Å²) in [6, 6.07) is 8.37. The van der Waals surface area contributed by atoms with Crippen LogP contribution in [-0.2, 0) is 11.3 Å². The Kier molecular flexibility index (Phi) is 7.66. The second-order valence-corrected chi connectivity index (χ2v) is 5.75. The van der Waals surface area contributed by atoms with E-state index in [0.717, 1.165) is 58.0 Å². The van der Waals surface area contributed by atoms with E-state index < -0.39 is 0 Å². The van der Waals surface area contributed by atoms with Crippen molar-refractivity contribution in [3.63, 3.8) is 0 Å². The maximum atomic E-state index is 5.67. The largest absolute Gasteiger partial charge is 0.491 e. The number of rotatable bonds is 9. The van der Waals surface area contributed by atoms with Crippen LogP contribution in [0.5, 0.6) is 5.75 Å². The quantitative estimate of drug-likeness (QED) is 0.694. The smallest absolute Gasteiger partial charge is 0.119 e. The summed E-state index contributed by atoms with van der Waals surface area (Å²) in [6.45, 7) is 8.66. The summed E-state index contributed by atoms with van der Waals surface area (Å²) in [5, 5.41) is 0. The Hall–Kier alpha value is -1.14. The van der Waals surface area contributed by atoms with Gasteiger partial charge in [-0.25, -0.2) is 0 Å². The molecule has 5 heteroatoms. The molecule has 0 aromatic heterocycles. The van der Waals surface area contributed by atoms with E-state index in [9.17, 15) is 0 Å². The Morgan fingerprint density at radius 1 is 1.09 bits per heavy atom. The minimum absolute atomic E-state index is 0.597. The molecule has 0 radical (unpaired) electrons. The van der Waals surface area contributed by atoms with Crippen molar-refractivity contribution >= 4 is 0 Å². The number of nitrogens with two attached hydrogens (primary N) is 1. The fraction of sp³-hybridized carbons (Fsp3) is 0.647. The van der Waals surface area contributed by atoms with Gasteiger partial charge < -0.3 is 20.1 Å². The summed E-state index contributed by atoms with van der Waals surface area (Å²) >= 11 is 0. The van der Waals surface area contributed by atoms with Gasteiger partial charge in [-0.3, -0.25) is 4.90 Å². The third-order valence-electron chi connectivity index (χ3n) is 4.00. The lowest BCUT2D eigenvalue weighted by molar-refractivity contribution is 0.126. The molecule has 0 atom stereocenters. The fourth-order valence-electron chi connectivity index (χ4n) is 2.72. The van der Waals surface area contributed by atoms with Crippen LogP contribution in [0.25, 0.3) is 0 Å². The zero-order valence-corrected chi connectivity index (χ0v) is 13.7. The minimum atomic E-state index is 0.597. The van der Waals surface area contributed by atoms with Crippen molar-refractivity contribution in [3.05, 3.63) is 29.8 Å². The molecule has 1 saturated heterocycles. The van der Waals surface area contributed by atoms with Crippen molar-refractivity contribution in [3.8, 4) is 5.75 Å². The molecule has 0 unspecified atom stereocenters. The van der Waals surface area contributed by atoms with E-state index in [4.69, 9.17) is 15.2 Å². The van der Waals surface area contributed by atoms with Gasteiger partial charge in [0.15, 0.2) is 0 Å². The van der Waals surface area contributed by atoms with Crippen LogP contribution in [0.4, 0.5) is 0 Å². The molecular formula is C17H29N3O2. The number of benzene rings is 1.